The normalized spacial score (nSPS) is 19.8. The first-order chi connectivity index (χ1) is 33.8. The number of ether oxygens (including phenoxy) is 2. The van der Waals surface area contributed by atoms with E-state index in [1.807, 2.05) is 6.08 Å². The van der Waals surface area contributed by atoms with Gasteiger partial charge in [0.1, 0.15) is 24.4 Å². The van der Waals surface area contributed by atoms with Crippen molar-refractivity contribution in [3.05, 3.63) is 48.6 Å². The second kappa shape index (κ2) is 49.7. The minimum absolute atomic E-state index is 0.189. The summed E-state index contributed by atoms with van der Waals surface area (Å²) in [6.45, 7) is 3.77. The summed E-state index contributed by atoms with van der Waals surface area (Å²) < 4.78 is 11.2. The molecule has 7 atom stereocenters. The largest absolute Gasteiger partial charge is 0.394 e. The molecule has 0 aromatic rings. The molecule has 69 heavy (non-hydrogen) atoms. The molecule has 0 aliphatic carbocycles. The highest BCUT2D eigenvalue weighted by Crippen LogP contribution is 2.23. The number of hydrogen-bond acceptors (Lipinski definition) is 8. The predicted molar refractivity (Wildman–Crippen MR) is 290 cm³/mol. The van der Waals surface area contributed by atoms with E-state index in [0.717, 1.165) is 51.4 Å². The number of aliphatic hydroxyl groups is 5. The van der Waals surface area contributed by atoms with Gasteiger partial charge in [0, 0.05) is 6.42 Å². The van der Waals surface area contributed by atoms with E-state index in [-0.39, 0.29) is 12.5 Å². The van der Waals surface area contributed by atoms with E-state index in [0.29, 0.717) is 6.42 Å². The third-order valence-electron chi connectivity index (χ3n) is 13.9. The molecule has 1 aliphatic heterocycles. The number of carbonyl (C=O) groups excluding carboxylic acids is 1. The van der Waals surface area contributed by atoms with Gasteiger partial charge in [-0.3, -0.25) is 4.79 Å². The molecule has 6 N–H and O–H groups in total. The Morgan fingerprint density at radius 3 is 1.22 bits per heavy atom. The number of aliphatic hydroxyl groups excluding tert-OH is 5. The average molecular weight is 975 g/mol. The van der Waals surface area contributed by atoms with Crippen molar-refractivity contribution in [3.63, 3.8) is 0 Å². The zero-order valence-corrected chi connectivity index (χ0v) is 44.8. The van der Waals surface area contributed by atoms with Crippen LogP contribution in [0.2, 0.25) is 0 Å². The third-order valence-corrected chi connectivity index (χ3v) is 13.9. The molecule has 1 heterocycles. The molecule has 9 heteroatoms. The van der Waals surface area contributed by atoms with Crippen LogP contribution in [0.15, 0.2) is 48.6 Å². The van der Waals surface area contributed by atoms with E-state index in [2.05, 4.69) is 55.6 Å². The standard InChI is InChI=1S/C60H111NO8/c1-3-5-7-9-11-13-15-17-19-21-22-23-24-25-26-27-28-29-30-31-32-33-34-36-38-40-42-44-46-48-50-56(64)61-53(52-68-60-59(67)58(66)57(65)55(51-62)69-60)54(63)49-47-45-43-41-39-37-35-20-18-16-14-12-10-8-6-4-2/h18,20,25-26,39,41,47,49,53-55,57-60,62-63,65-67H,3-17,19,21-24,27-38,40,42-46,48,50-52H2,1-2H3,(H,61,64)/b20-18+,26-25-,41-39+,49-47+. The van der Waals surface area contributed by atoms with Gasteiger partial charge in [-0.05, 0) is 70.6 Å². The topological polar surface area (TPSA) is 149 Å². The second-order valence-electron chi connectivity index (χ2n) is 20.4. The van der Waals surface area contributed by atoms with Gasteiger partial charge in [-0.25, -0.2) is 0 Å². The van der Waals surface area contributed by atoms with Gasteiger partial charge in [0.05, 0.1) is 25.4 Å². The monoisotopic (exact) mass is 974 g/mol. The van der Waals surface area contributed by atoms with E-state index >= 15 is 0 Å². The molecule has 9 nitrogen and oxygen atoms in total. The maximum absolute atomic E-state index is 13.0. The average Bonchev–Trinajstić information content (AvgIpc) is 3.35. The minimum Gasteiger partial charge on any atom is -0.394 e. The number of nitrogens with one attached hydrogen (secondary N) is 1. The molecule has 1 rings (SSSR count). The Kier molecular flexibility index (Phi) is 47.0. The first-order valence-corrected chi connectivity index (χ1v) is 29.4. The van der Waals surface area contributed by atoms with Gasteiger partial charge in [-0.1, -0.05) is 242 Å². The maximum atomic E-state index is 13.0. The quantitative estimate of drug-likeness (QED) is 0.0261. The van der Waals surface area contributed by atoms with E-state index in [1.54, 1.807) is 6.08 Å². The summed E-state index contributed by atoms with van der Waals surface area (Å²) in [5, 5.41) is 54.4. The van der Waals surface area contributed by atoms with Gasteiger partial charge in [0.25, 0.3) is 0 Å². The highest BCUT2D eigenvalue weighted by Gasteiger charge is 2.44. The van der Waals surface area contributed by atoms with Crippen molar-refractivity contribution >= 4 is 5.91 Å². The van der Waals surface area contributed by atoms with Crippen LogP contribution in [0.3, 0.4) is 0 Å². The minimum atomic E-state index is -1.57. The zero-order valence-electron chi connectivity index (χ0n) is 44.8. The Labute approximate surface area is 424 Å². The number of rotatable bonds is 50. The Bertz CT molecular complexity index is 1220. The summed E-state index contributed by atoms with van der Waals surface area (Å²) in [6.07, 6.45) is 59.1. The van der Waals surface area contributed by atoms with Crippen LogP contribution in [0.4, 0.5) is 0 Å². The molecule has 7 unspecified atom stereocenters. The molecule has 0 saturated carbocycles. The Morgan fingerprint density at radius 1 is 0.478 bits per heavy atom. The highest BCUT2D eigenvalue weighted by atomic mass is 16.7. The Hall–Kier alpha value is -1.85. The second-order valence-corrected chi connectivity index (χ2v) is 20.4. The molecule has 0 radical (unpaired) electrons. The van der Waals surface area contributed by atoms with Crippen LogP contribution in [-0.4, -0.2) is 87.5 Å². The molecule has 0 aromatic heterocycles. The van der Waals surface area contributed by atoms with Crippen LogP contribution < -0.4 is 5.32 Å². The third kappa shape index (κ3) is 39.4. The van der Waals surface area contributed by atoms with Crippen molar-refractivity contribution in [3.8, 4) is 0 Å². The fourth-order valence-electron chi connectivity index (χ4n) is 9.18. The summed E-state index contributed by atoms with van der Waals surface area (Å²) in [5.74, 6) is -0.189. The van der Waals surface area contributed by atoms with Gasteiger partial charge >= 0.3 is 0 Å². The molecule has 0 spiro atoms. The van der Waals surface area contributed by atoms with E-state index in [4.69, 9.17) is 9.47 Å². The fraction of sp³-hybridized carbons (Fsp3) is 0.850. The van der Waals surface area contributed by atoms with Crippen molar-refractivity contribution in [1.29, 1.82) is 0 Å². The van der Waals surface area contributed by atoms with Crippen LogP contribution in [0.25, 0.3) is 0 Å². The summed E-state index contributed by atoms with van der Waals surface area (Å²) in [5.41, 5.74) is 0. The molecular weight excluding hydrogens is 863 g/mol. The first kappa shape index (κ1) is 65.2. The summed E-state index contributed by atoms with van der Waals surface area (Å²) in [4.78, 5) is 13.0. The van der Waals surface area contributed by atoms with Crippen molar-refractivity contribution in [2.24, 2.45) is 0 Å². The lowest BCUT2D eigenvalue weighted by atomic mass is 9.99. The van der Waals surface area contributed by atoms with Gasteiger partial charge in [-0.15, -0.1) is 0 Å². The van der Waals surface area contributed by atoms with Gasteiger partial charge < -0.3 is 40.3 Å². The number of unbranched alkanes of at least 4 members (excludes halogenated alkanes) is 34. The molecular formula is C60H111NO8. The van der Waals surface area contributed by atoms with Crippen molar-refractivity contribution < 1.29 is 39.8 Å². The fourth-order valence-corrected chi connectivity index (χ4v) is 9.18. The van der Waals surface area contributed by atoms with Crippen LogP contribution in [0.1, 0.15) is 271 Å². The van der Waals surface area contributed by atoms with Gasteiger partial charge in [0.15, 0.2) is 6.29 Å². The van der Waals surface area contributed by atoms with Crippen molar-refractivity contribution in [2.45, 2.75) is 314 Å². The molecule has 1 saturated heterocycles. The van der Waals surface area contributed by atoms with Crippen LogP contribution >= 0.6 is 0 Å². The summed E-state index contributed by atoms with van der Waals surface area (Å²) >= 11 is 0. The predicted octanol–water partition coefficient (Wildman–Crippen LogP) is 14.5. The lowest BCUT2D eigenvalue weighted by Crippen LogP contribution is -2.60. The molecule has 0 bridgehead atoms. The number of amides is 1. The van der Waals surface area contributed by atoms with Gasteiger partial charge in [0.2, 0.25) is 5.91 Å². The zero-order chi connectivity index (χ0) is 50.1. The number of carbonyl (C=O) groups is 1. The molecule has 1 aliphatic rings. The maximum Gasteiger partial charge on any atom is 0.220 e. The molecule has 0 aromatic carbocycles. The van der Waals surface area contributed by atoms with E-state index in [1.165, 1.54) is 199 Å². The highest BCUT2D eigenvalue weighted by molar-refractivity contribution is 5.76. The van der Waals surface area contributed by atoms with Crippen LogP contribution in [0, 0.1) is 0 Å². The summed E-state index contributed by atoms with van der Waals surface area (Å²) in [7, 11) is 0. The SMILES string of the molecule is CCCCCCCC/C=C/CC/C=C/CC/C=C/C(O)C(COC1OC(CO)C(O)C(O)C1O)NC(=O)CCCCCCCCCCCCCCCC/C=C\CCCCCCCCCCCCCC. The Morgan fingerprint density at radius 2 is 0.826 bits per heavy atom. The smallest absolute Gasteiger partial charge is 0.220 e. The van der Waals surface area contributed by atoms with Gasteiger partial charge in [-0.2, -0.15) is 0 Å². The molecule has 1 fully saturated rings. The van der Waals surface area contributed by atoms with Crippen molar-refractivity contribution in [2.75, 3.05) is 13.2 Å². The van der Waals surface area contributed by atoms with Crippen LogP contribution in [0.5, 0.6) is 0 Å². The number of hydrogen-bond donors (Lipinski definition) is 6. The lowest BCUT2D eigenvalue weighted by molar-refractivity contribution is -0.302. The van der Waals surface area contributed by atoms with Crippen molar-refractivity contribution in [1.82, 2.24) is 5.32 Å². The summed E-state index contributed by atoms with van der Waals surface area (Å²) in [6, 6.07) is -0.828. The Balaban J connectivity index is 2.18. The number of allylic oxidation sites excluding steroid dienone is 7. The van der Waals surface area contributed by atoms with E-state index in [9.17, 15) is 30.3 Å². The first-order valence-electron chi connectivity index (χ1n) is 29.4. The van der Waals surface area contributed by atoms with Crippen LogP contribution in [-0.2, 0) is 14.3 Å². The lowest BCUT2D eigenvalue weighted by Gasteiger charge is -2.40. The van der Waals surface area contributed by atoms with E-state index < -0.39 is 49.5 Å². The molecule has 1 amide bonds. The molecule has 404 valence electrons.